The molecule has 10 heteroatoms. The minimum Gasteiger partial charge on any atom is -0.465 e. The first-order valence-electron chi connectivity index (χ1n) is 10.1. The van der Waals surface area contributed by atoms with E-state index >= 15 is 0 Å². The lowest BCUT2D eigenvalue weighted by Gasteiger charge is -2.27. The van der Waals surface area contributed by atoms with E-state index in [9.17, 15) is 14.4 Å². The highest BCUT2D eigenvalue weighted by Gasteiger charge is 2.34. The van der Waals surface area contributed by atoms with Gasteiger partial charge in [-0.3, -0.25) is 9.59 Å². The Kier molecular flexibility index (Phi) is 6.45. The molecule has 0 radical (unpaired) electrons. The van der Waals surface area contributed by atoms with Gasteiger partial charge in [0, 0.05) is 24.4 Å². The van der Waals surface area contributed by atoms with Crippen LogP contribution in [-0.4, -0.2) is 66.5 Å². The number of nitrogens with one attached hydrogen (secondary N) is 1. The van der Waals surface area contributed by atoms with Gasteiger partial charge in [-0.2, -0.15) is 4.99 Å². The van der Waals surface area contributed by atoms with E-state index in [1.165, 1.54) is 30.2 Å². The van der Waals surface area contributed by atoms with Crippen LogP contribution in [0.1, 0.15) is 40.6 Å². The van der Waals surface area contributed by atoms with Crippen molar-refractivity contribution in [1.29, 1.82) is 0 Å². The summed E-state index contributed by atoms with van der Waals surface area (Å²) in [6, 6.07) is 0. The molecule has 8 nitrogen and oxygen atoms in total. The monoisotopic (exact) mass is 451 g/mol. The van der Waals surface area contributed by atoms with Gasteiger partial charge in [-0.15, -0.1) is 11.3 Å². The molecule has 1 aliphatic carbocycles. The van der Waals surface area contributed by atoms with Gasteiger partial charge in [0.1, 0.15) is 10.3 Å². The highest BCUT2D eigenvalue weighted by Crippen LogP contribution is 2.40. The number of aliphatic imine (C=N–C) groups is 1. The molecule has 1 aromatic rings. The highest BCUT2D eigenvalue weighted by atomic mass is 32.2. The Morgan fingerprint density at radius 1 is 1.33 bits per heavy atom. The molecule has 1 N–H and O–H groups in total. The summed E-state index contributed by atoms with van der Waals surface area (Å²) in [7, 11) is 1.35. The molecule has 30 heavy (non-hydrogen) atoms. The van der Waals surface area contributed by atoms with Gasteiger partial charge in [0.05, 0.1) is 25.9 Å². The van der Waals surface area contributed by atoms with E-state index < -0.39 is 11.2 Å². The lowest BCUT2D eigenvalue weighted by Crippen LogP contribution is -2.39. The number of nitrogens with zero attached hydrogens (tertiary/aromatic N) is 2. The maximum absolute atomic E-state index is 12.7. The summed E-state index contributed by atoms with van der Waals surface area (Å²) in [5.74, 6) is -0.463. The first-order chi connectivity index (χ1) is 14.5. The molecule has 3 heterocycles. The average molecular weight is 452 g/mol. The number of ether oxygens (including phenoxy) is 2. The molecule has 162 valence electrons. The fourth-order valence-corrected chi connectivity index (χ4v) is 6.43. The maximum atomic E-state index is 12.7. The van der Waals surface area contributed by atoms with Crippen LogP contribution in [0.15, 0.2) is 4.99 Å². The van der Waals surface area contributed by atoms with Crippen molar-refractivity contribution in [3.05, 3.63) is 16.0 Å². The Morgan fingerprint density at radius 2 is 2.10 bits per heavy atom. The second-order valence-corrected chi connectivity index (χ2v) is 10.0. The number of morpholine rings is 1. The van der Waals surface area contributed by atoms with Crippen molar-refractivity contribution < 1.29 is 23.9 Å². The van der Waals surface area contributed by atoms with Crippen molar-refractivity contribution in [2.75, 3.05) is 38.7 Å². The molecular formula is C20H25N3O5S2. The van der Waals surface area contributed by atoms with Crippen LogP contribution in [0.25, 0.3) is 0 Å². The number of carbonyl (C=O) groups excluding carboxylic acids is 3. The molecule has 0 aromatic carbocycles. The molecule has 3 aliphatic rings. The first kappa shape index (κ1) is 21.3. The predicted molar refractivity (Wildman–Crippen MR) is 116 cm³/mol. The highest BCUT2D eigenvalue weighted by molar-refractivity contribution is 8.15. The van der Waals surface area contributed by atoms with Crippen LogP contribution >= 0.6 is 23.1 Å². The number of fused-ring (bicyclic) bond motifs is 1. The van der Waals surface area contributed by atoms with Crippen molar-refractivity contribution in [2.45, 2.75) is 37.9 Å². The minimum absolute atomic E-state index is 0.0143. The number of thioether (sulfide) groups is 1. The number of thiophene rings is 1. The van der Waals surface area contributed by atoms with Gasteiger partial charge in [0.25, 0.3) is 5.91 Å². The van der Waals surface area contributed by atoms with E-state index in [0.29, 0.717) is 48.0 Å². The summed E-state index contributed by atoms with van der Waals surface area (Å²) in [6.07, 6.45) is 2.73. The summed E-state index contributed by atoms with van der Waals surface area (Å²) in [5, 5.41) is 3.51. The normalized spacial score (nSPS) is 23.7. The van der Waals surface area contributed by atoms with Crippen LogP contribution in [0.2, 0.25) is 0 Å². The quantitative estimate of drug-likeness (QED) is 0.702. The Bertz CT molecular complexity index is 891. The predicted octanol–water partition coefficient (Wildman–Crippen LogP) is 2.32. The number of carbonyl (C=O) groups is 3. The average Bonchev–Trinajstić information content (AvgIpc) is 3.27. The number of hydrogen-bond donors (Lipinski definition) is 1. The summed E-state index contributed by atoms with van der Waals surface area (Å²) in [6.45, 7) is 4.79. The summed E-state index contributed by atoms with van der Waals surface area (Å²) < 4.78 is 10.3. The molecule has 2 unspecified atom stereocenters. The molecule has 1 fully saturated rings. The number of rotatable bonds is 4. The van der Waals surface area contributed by atoms with Gasteiger partial charge < -0.3 is 19.7 Å². The van der Waals surface area contributed by atoms with E-state index in [-0.39, 0.29) is 18.2 Å². The molecule has 4 rings (SSSR count). The van der Waals surface area contributed by atoms with Crippen molar-refractivity contribution in [3.8, 4) is 0 Å². The molecule has 0 bridgehead atoms. The molecule has 0 saturated carbocycles. The summed E-state index contributed by atoms with van der Waals surface area (Å²) >= 11 is 2.77. The van der Waals surface area contributed by atoms with E-state index in [2.05, 4.69) is 17.2 Å². The SMILES string of the molecule is COC(=O)c1c(NC(=O)CC2SC(N3CCOCC3)=NC2=O)sc2c1CCC(C)C2. The molecule has 0 spiro atoms. The Hall–Kier alpha value is -1.91. The third-order valence-corrected chi connectivity index (χ3v) is 7.92. The third kappa shape index (κ3) is 4.40. The Balaban J connectivity index is 1.43. The molecule has 2 amide bonds. The number of amidine groups is 1. The van der Waals surface area contributed by atoms with Crippen molar-refractivity contribution in [3.63, 3.8) is 0 Å². The standard InChI is InChI=1S/C20H25N3O5S2/c1-11-3-4-12-13(9-11)29-18(16(12)19(26)27-2)21-15(24)10-14-17(25)22-20(30-14)23-5-7-28-8-6-23/h11,14H,3-10H2,1-2H3,(H,21,24). The van der Waals surface area contributed by atoms with Crippen LogP contribution in [0.3, 0.4) is 0 Å². The van der Waals surface area contributed by atoms with Crippen molar-refractivity contribution >= 4 is 51.1 Å². The smallest absolute Gasteiger partial charge is 0.341 e. The van der Waals surface area contributed by atoms with E-state index in [1.807, 2.05) is 4.90 Å². The van der Waals surface area contributed by atoms with Crippen LogP contribution < -0.4 is 5.32 Å². The van der Waals surface area contributed by atoms with Gasteiger partial charge in [-0.25, -0.2) is 4.79 Å². The fourth-order valence-electron chi connectivity index (χ4n) is 3.90. The van der Waals surface area contributed by atoms with Gasteiger partial charge in [-0.1, -0.05) is 18.7 Å². The lowest BCUT2D eigenvalue weighted by molar-refractivity contribution is -0.121. The molecular weight excluding hydrogens is 426 g/mol. The fraction of sp³-hybridized carbons (Fsp3) is 0.600. The van der Waals surface area contributed by atoms with E-state index in [4.69, 9.17) is 9.47 Å². The maximum Gasteiger partial charge on any atom is 0.341 e. The third-order valence-electron chi connectivity index (χ3n) is 5.54. The lowest BCUT2D eigenvalue weighted by atomic mass is 9.88. The zero-order valence-electron chi connectivity index (χ0n) is 17.1. The zero-order chi connectivity index (χ0) is 21.3. The second-order valence-electron chi connectivity index (χ2n) is 7.74. The number of hydrogen-bond acceptors (Lipinski definition) is 8. The largest absolute Gasteiger partial charge is 0.465 e. The van der Waals surface area contributed by atoms with Crippen molar-refractivity contribution in [1.82, 2.24) is 4.90 Å². The van der Waals surface area contributed by atoms with Gasteiger partial charge in [-0.05, 0) is 30.7 Å². The number of anilines is 1. The van der Waals surface area contributed by atoms with E-state index in [0.717, 1.165) is 29.7 Å². The number of esters is 1. The molecule has 2 atom stereocenters. The topological polar surface area (TPSA) is 97.3 Å². The van der Waals surface area contributed by atoms with Gasteiger partial charge in [0.2, 0.25) is 5.91 Å². The Morgan fingerprint density at radius 3 is 2.83 bits per heavy atom. The minimum atomic E-state index is -0.543. The van der Waals surface area contributed by atoms with Crippen LogP contribution in [-0.2, 0) is 31.9 Å². The summed E-state index contributed by atoms with van der Waals surface area (Å²) in [4.78, 5) is 44.7. The molecule has 1 aromatic heterocycles. The van der Waals surface area contributed by atoms with E-state index in [1.54, 1.807) is 0 Å². The summed E-state index contributed by atoms with van der Waals surface area (Å²) in [5.41, 5.74) is 1.46. The number of amides is 2. The zero-order valence-corrected chi connectivity index (χ0v) is 18.7. The Labute approximate surface area is 183 Å². The van der Waals surface area contributed by atoms with Crippen LogP contribution in [0, 0.1) is 5.92 Å². The van der Waals surface area contributed by atoms with Crippen LogP contribution in [0.4, 0.5) is 5.00 Å². The molecule has 2 aliphatic heterocycles. The van der Waals surface area contributed by atoms with Crippen LogP contribution in [0.5, 0.6) is 0 Å². The first-order valence-corrected chi connectivity index (χ1v) is 11.8. The van der Waals surface area contributed by atoms with Gasteiger partial charge in [0.15, 0.2) is 5.17 Å². The number of methoxy groups -OCH3 is 1. The van der Waals surface area contributed by atoms with Gasteiger partial charge >= 0.3 is 5.97 Å². The second kappa shape index (κ2) is 9.07. The molecule has 1 saturated heterocycles. The van der Waals surface area contributed by atoms with Crippen molar-refractivity contribution in [2.24, 2.45) is 10.9 Å².